The summed E-state index contributed by atoms with van der Waals surface area (Å²) >= 11 is 1.93. The maximum absolute atomic E-state index is 3.78. The topological polar surface area (TPSA) is 15.8 Å². The molecule has 0 aliphatic carbocycles. The maximum Gasteiger partial charge on any atom is 0.0545 e. The molecule has 1 N–H and O–H groups in total. The fourth-order valence-corrected chi connectivity index (χ4v) is 9.78. The molecule has 2 aromatic heterocycles. The van der Waals surface area contributed by atoms with Gasteiger partial charge in [0.15, 0.2) is 0 Å². The second-order valence-electron chi connectivity index (χ2n) is 16.1. The molecular formula is C54H57NS. The van der Waals surface area contributed by atoms with Gasteiger partial charge in [0.2, 0.25) is 0 Å². The highest BCUT2D eigenvalue weighted by atomic mass is 32.1. The van der Waals surface area contributed by atoms with Gasteiger partial charge in [-0.25, -0.2) is 0 Å². The van der Waals surface area contributed by atoms with Gasteiger partial charge in [0, 0.05) is 58.4 Å². The van der Waals surface area contributed by atoms with Crippen LogP contribution in [0.2, 0.25) is 0 Å². The van der Waals surface area contributed by atoms with E-state index >= 15 is 0 Å². The van der Waals surface area contributed by atoms with Crippen LogP contribution in [0.4, 0.5) is 0 Å². The van der Waals surface area contributed by atoms with Crippen LogP contribution in [-0.4, -0.2) is 4.98 Å². The standard InChI is InChI=1S/C54H57NS/c1-3-5-7-9-11-13-15-39-17-21-41(22-18-39)25-27-43-29-35-51-49(37-43)46-32-33-47-45(53(46)55-51)31-34-48-50-38-44(30-36-52(50)56-54(47)48)28-26-42-23-19-40(20-24-42)16-14-12-10-8-6-4-2/h17-24,29-38,55H,3-16,26,28H2,1-2H3. The number of thiophene rings is 1. The van der Waals surface area contributed by atoms with Crippen molar-refractivity contribution in [1.29, 1.82) is 0 Å². The van der Waals surface area contributed by atoms with Crippen molar-refractivity contribution in [3.05, 3.63) is 143 Å². The van der Waals surface area contributed by atoms with Crippen molar-refractivity contribution in [3.63, 3.8) is 0 Å². The molecule has 0 spiro atoms. The molecule has 284 valence electrons. The van der Waals surface area contributed by atoms with Gasteiger partial charge in [0.25, 0.3) is 0 Å². The van der Waals surface area contributed by atoms with Crippen molar-refractivity contribution in [2.24, 2.45) is 0 Å². The lowest BCUT2D eigenvalue weighted by Crippen LogP contribution is -1.92. The van der Waals surface area contributed by atoms with E-state index < -0.39 is 0 Å². The summed E-state index contributed by atoms with van der Waals surface area (Å²) in [6.45, 7) is 4.57. The number of nitrogens with one attached hydrogen (secondary N) is 1. The minimum absolute atomic E-state index is 1.05. The number of hydrogen-bond donors (Lipinski definition) is 1. The number of aromatic nitrogens is 1. The monoisotopic (exact) mass is 751 g/mol. The van der Waals surface area contributed by atoms with Crippen molar-refractivity contribution < 1.29 is 0 Å². The van der Waals surface area contributed by atoms with E-state index in [1.165, 1.54) is 153 Å². The summed E-state index contributed by atoms with van der Waals surface area (Å²) in [5.41, 5.74) is 10.2. The lowest BCUT2D eigenvalue weighted by molar-refractivity contribution is 0.607. The average molecular weight is 752 g/mol. The Bertz CT molecular complexity index is 2600. The van der Waals surface area contributed by atoms with Gasteiger partial charge in [-0.1, -0.05) is 157 Å². The van der Waals surface area contributed by atoms with Crippen LogP contribution in [0.5, 0.6) is 0 Å². The zero-order valence-electron chi connectivity index (χ0n) is 33.6. The third-order valence-electron chi connectivity index (χ3n) is 11.9. The zero-order valence-corrected chi connectivity index (χ0v) is 34.4. The first-order valence-electron chi connectivity index (χ1n) is 21.7. The predicted octanol–water partition coefficient (Wildman–Crippen LogP) is 15.8. The van der Waals surface area contributed by atoms with Crippen LogP contribution in [0.25, 0.3) is 52.8 Å². The van der Waals surface area contributed by atoms with Gasteiger partial charge in [-0.3, -0.25) is 0 Å². The van der Waals surface area contributed by atoms with Gasteiger partial charge in [-0.05, 0) is 103 Å². The smallest absolute Gasteiger partial charge is 0.0545 e. The third-order valence-corrected chi connectivity index (χ3v) is 13.2. The summed E-state index contributed by atoms with van der Waals surface area (Å²) in [7, 11) is 0. The third kappa shape index (κ3) is 8.90. The molecule has 0 fully saturated rings. The highest BCUT2D eigenvalue weighted by molar-refractivity contribution is 7.26. The summed E-state index contributed by atoms with van der Waals surface area (Å²) < 4.78 is 2.74. The summed E-state index contributed by atoms with van der Waals surface area (Å²) in [5.74, 6) is 6.87. The Kier molecular flexibility index (Phi) is 12.5. The Morgan fingerprint density at radius 3 is 1.59 bits per heavy atom. The Labute approximate surface area is 338 Å². The zero-order chi connectivity index (χ0) is 38.1. The molecule has 0 saturated heterocycles. The van der Waals surface area contributed by atoms with Crippen molar-refractivity contribution in [3.8, 4) is 11.8 Å². The van der Waals surface area contributed by atoms with E-state index in [1.807, 2.05) is 11.3 Å². The number of aryl methyl sites for hydroxylation is 4. The van der Waals surface area contributed by atoms with Crippen molar-refractivity contribution in [2.45, 2.75) is 117 Å². The molecule has 56 heavy (non-hydrogen) atoms. The molecule has 1 nitrogen and oxygen atoms in total. The van der Waals surface area contributed by atoms with Crippen LogP contribution in [-0.2, 0) is 25.7 Å². The van der Waals surface area contributed by atoms with Gasteiger partial charge < -0.3 is 4.98 Å². The van der Waals surface area contributed by atoms with Crippen LogP contribution in [0.3, 0.4) is 0 Å². The molecule has 0 radical (unpaired) electrons. The first-order valence-corrected chi connectivity index (χ1v) is 22.5. The van der Waals surface area contributed by atoms with Crippen LogP contribution < -0.4 is 0 Å². The molecule has 0 unspecified atom stereocenters. The maximum atomic E-state index is 3.78. The average Bonchev–Trinajstić information content (AvgIpc) is 3.81. The van der Waals surface area contributed by atoms with E-state index in [1.54, 1.807) is 0 Å². The van der Waals surface area contributed by atoms with Gasteiger partial charge >= 0.3 is 0 Å². The highest BCUT2D eigenvalue weighted by Gasteiger charge is 2.14. The Morgan fingerprint density at radius 1 is 0.411 bits per heavy atom. The lowest BCUT2D eigenvalue weighted by atomic mass is 9.99. The highest BCUT2D eigenvalue weighted by Crippen LogP contribution is 2.41. The molecule has 0 aliphatic heterocycles. The minimum Gasteiger partial charge on any atom is -0.354 e. The number of H-pyrrole nitrogens is 1. The van der Waals surface area contributed by atoms with E-state index in [0.29, 0.717) is 0 Å². The van der Waals surface area contributed by atoms with Gasteiger partial charge in [-0.2, -0.15) is 0 Å². The largest absolute Gasteiger partial charge is 0.354 e. The summed E-state index contributed by atoms with van der Waals surface area (Å²) in [6, 6.07) is 41.4. The van der Waals surface area contributed by atoms with Crippen molar-refractivity contribution >= 4 is 64.1 Å². The van der Waals surface area contributed by atoms with E-state index in [2.05, 4.69) is 140 Å². The SMILES string of the molecule is CCCCCCCCc1ccc(C#Cc2ccc3[nH]c4c(ccc5c4ccc4c6cc(CCc7ccc(CCCCCCCC)cc7)ccc6sc45)c3c2)cc1. The number of aromatic amines is 1. The molecule has 0 saturated carbocycles. The quantitative estimate of drug-likeness (QED) is 0.0704. The van der Waals surface area contributed by atoms with Crippen molar-refractivity contribution in [2.75, 3.05) is 0 Å². The van der Waals surface area contributed by atoms with Crippen LogP contribution in [0.15, 0.2) is 109 Å². The molecule has 0 bridgehead atoms. The number of rotatable bonds is 17. The molecule has 6 aromatic carbocycles. The Morgan fingerprint density at radius 2 is 0.911 bits per heavy atom. The van der Waals surface area contributed by atoms with E-state index in [0.717, 1.165) is 35.9 Å². The molecule has 0 amide bonds. The Balaban J connectivity index is 0.952. The first-order chi connectivity index (χ1) is 27.7. The van der Waals surface area contributed by atoms with Crippen LogP contribution >= 0.6 is 11.3 Å². The first kappa shape index (κ1) is 38.1. The molecule has 8 aromatic rings. The van der Waals surface area contributed by atoms with E-state index in [-0.39, 0.29) is 0 Å². The summed E-state index contributed by atoms with van der Waals surface area (Å²) in [6.07, 6.45) is 20.7. The number of benzene rings is 6. The second-order valence-corrected chi connectivity index (χ2v) is 17.2. The molecule has 0 atom stereocenters. The predicted molar refractivity (Wildman–Crippen MR) is 247 cm³/mol. The van der Waals surface area contributed by atoms with Crippen LogP contribution in [0.1, 0.15) is 124 Å². The van der Waals surface area contributed by atoms with Gasteiger partial charge in [-0.15, -0.1) is 11.3 Å². The fourth-order valence-electron chi connectivity index (χ4n) is 8.57. The van der Waals surface area contributed by atoms with Crippen LogP contribution in [0, 0.1) is 11.8 Å². The normalized spacial score (nSPS) is 11.7. The van der Waals surface area contributed by atoms with E-state index in [4.69, 9.17) is 0 Å². The fraction of sp³-hybridized carbons (Fsp3) is 0.333. The van der Waals surface area contributed by atoms with Gasteiger partial charge in [0.1, 0.15) is 0 Å². The molecule has 2 heterocycles. The number of unbranched alkanes of at least 4 members (excludes halogenated alkanes) is 10. The molecule has 2 heteroatoms. The second kappa shape index (κ2) is 18.4. The summed E-state index contributed by atoms with van der Waals surface area (Å²) in [5, 5.41) is 7.84. The molecular weight excluding hydrogens is 695 g/mol. The van der Waals surface area contributed by atoms with Gasteiger partial charge in [0.05, 0.1) is 5.52 Å². The number of fused-ring (bicyclic) bond motifs is 9. The summed E-state index contributed by atoms with van der Waals surface area (Å²) in [4.78, 5) is 3.78. The molecule has 8 rings (SSSR count). The Hall–Kier alpha value is -4.84. The number of hydrogen-bond acceptors (Lipinski definition) is 1. The molecule has 0 aliphatic rings. The van der Waals surface area contributed by atoms with E-state index in [9.17, 15) is 0 Å². The minimum atomic E-state index is 1.05. The van der Waals surface area contributed by atoms with Crippen molar-refractivity contribution in [1.82, 2.24) is 4.98 Å². The lowest BCUT2D eigenvalue weighted by Gasteiger charge is -2.06.